The van der Waals surface area contributed by atoms with Crippen LogP contribution in [0.1, 0.15) is 39.6 Å². The van der Waals surface area contributed by atoms with Crippen LogP contribution in [0.5, 0.6) is 0 Å². The first-order chi connectivity index (χ1) is 9.51. The topological polar surface area (TPSA) is 39.4 Å². The number of ether oxygens (including phenoxy) is 1. The van der Waals surface area contributed by atoms with Crippen LogP contribution in [-0.4, -0.2) is 13.1 Å². The van der Waals surface area contributed by atoms with Gasteiger partial charge in [-0.3, -0.25) is 0 Å². The summed E-state index contributed by atoms with van der Waals surface area (Å²) in [7, 11) is 1.35. The standard InChI is InChI=1S/C16H18O3S/c1-10-5-8-15(11(2)9-10)20-12(3)13-6-7-14(19-13)16(17)18-4/h5-9,12H,1-4H3. The monoisotopic (exact) mass is 290 g/mol. The number of hydrogen-bond acceptors (Lipinski definition) is 4. The van der Waals surface area contributed by atoms with Gasteiger partial charge in [-0.2, -0.15) is 0 Å². The molecular formula is C16H18O3S. The predicted octanol–water partition coefficient (Wildman–Crippen LogP) is 4.54. The molecule has 0 N–H and O–H groups in total. The summed E-state index contributed by atoms with van der Waals surface area (Å²) in [5.74, 6) is 0.575. The van der Waals surface area contributed by atoms with Crippen molar-refractivity contribution in [2.45, 2.75) is 30.9 Å². The lowest BCUT2D eigenvalue weighted by Gasteiger charge is -2.11. The molecule has 2 aromatic rings. The lowest BCUT2D eigenvalue weighted by Crippen LogP contribution is -1.98. The summed E-state index contributed by atoms with van der Waals surface area (Å²) >= 11 is 1.72. The first-order valence-corrected chi connectivity index (χ1v) is 7.31. The number of hydrogen-bond donors (Lipinski definition) is 0. The maximum atomic E-state index is 11.4. The van der Waals surface area contributed by atoms with E-state index in [0.29, 0.717) is 0 Å². The van der Waals surface area contributed by atoms with Gasteiger partial charge >= 0.3 is 5.97 Å². The highest BCUT2D eigenvalue weighted by Crippen LogP contribution is 2.37. The Kier molecular flexibility index (Phi) is 4.55. The zero-order valence-electron chi connectivity index (χ0n) is 12.1. The van der Waals surface area contributed by atoms with Crippen molar-refractivity contribution in [3.05, 3.63) is 53.0 Å². The Labute approximate surface area is 123 Å². The van der Waals surface area contributed by atoms with Crippen molar-refractivity contribution in [2.24, 2.45) is 0 Å². The minimum atomic E-state index is -0.444. The summed E-state index contributed by atoms with van der Waals surface area (Å²) < 4.78 is 10.2. The molecule has 2 rings (SSSR count). The lowest BCUT2D eigenvalue weighted by molar-refractivity contribution is 0.0563. The van der Waals surface area contributed by atoms with E-state index in [-0.39, 0.29) is 11.0 Å². The second-order valence-electron chi connectivity index (χ2n) is 4.72. The molecule has 106 valence electrons. The van der Waals surface area contributed by atoms with Crippen molar-refractivity contribution in [3.8, 4) is 0 Å². The van der Waals surface area contributed by atoms with Crippen LogP contribution >= 0.6 is 11.8 Å². The fraction of sp³-hybridized carbons (Fsp3) is 0.312. The van der Waals surface area contributed by atoms with Gasteiger partial charge in [0.15, 0.2) is 0 Å². The van der Waals surface area contributed by atoms with Crippen molar-refractivity contribution >= 4 is 17.7 Å². The van der Waals surface area contributed by atoms with E-state index in [1.807, 2.05) is 6.07 Å². The zero-order chi connectivity index (χ0) is 14.7. The maximum Gasteiger partial charge on any atom is 0.373 e. The van der Waals surface area contributed by atoms with E-state index in [4.69, 9.17) is 4.42 Å². The number of carbonyl (C=O) groups is 1. The number of methoxy groups -OCH3 is 1. The molecule has 1 heterocycles. The molecule has 0 saturated carbocycles. The van der Waals surface area contributed by atoms with Crippen LogP contribution in [0.4, 0.5) is 0 Å². The van der Waals surface area contributed by atoms with Crippen molar-refractivity contribution < 1.29 is 13.9 Å². The minimum absolute atomic E-state index is 0.134. The Hall–Kier alpha value is -1.68. The molecule has 0 amide bonds. The van der Waals surface area contributed by atoms with E-state index in [2.05, 4.69) is 43.7 Å². The van der Waals surface area contributed by atoms with E-state index in [9.17, 15) is 4.79 Å². The van der Waals surface area contributed by atoms with Crippen molar-refractivity contribution in [2.75, 3.05) is 7.11 Å². The molecule has 20 heavy (non-hydrogen) atoms. The SMILES string of the molecule is COC(=O)c1ccc(C(C)Sc2ccc(C)cc2C)o1. The third-order valence-electron chi connectivity index (χ3n) is 3.05. The first-order valence-electron chi connectivity index (χ1n) is 6.43. The average molecular weight is 290 g/mol. The molecule has 0 aliphatic rings. The zero-order valence-corrected chi connectivity index (χ0v) is 12.9. The fourth-order valence-corrected chi connectivity index (χ4v) is 2.98. The molecule has 3 nitrogen and oxygen atoms in total. The molecule has 0 fully saturated rings. The Morgan fingerprint density at radius 3 is 2.65 bits per heavy atom. The second-order valence-corrected chi connectivity index (χ2v) is 6.11. The molecule has 0 saturated heterocycles. The van der Waals surface area contributed by atoms with Gasteiger partial charge in [-0.1, -0.05) is 17.7 Å². The number of aryl methyl sites for hydroxylation is 2. The predicted molar refractivity (Wildman–Crippen MR) is 80.2 cm³/mol. The highest BCUT2D eigenvalue weighted by molar-refractivity contribution is 7.99. The quantitative estimate of drug-likeness (QED) is 0.612. The van der Waals surface area contributed by atoms with Crippen LogP contribution in [0.3, 0.4) is 0 Å². The number of furan rings is 1. The van der Waals surface area contributed by atoms with Gasteiger partial charge in [0.25, 0.3) is 0 Å². The molecule has 0 aliphatic heterocycles. The van der Waals surface area contributed by atoms with Gasteiger partial charge in [0.1, 0.15) is 5.76 Å². The van der Waals surface area contributed by atoms with Crippen LogP contribution in [0.2, 0.25) is 0 Å². The average Bonchev–Trinajstić information content (AvgIpc) is 2.90. The summed E-state index contributed by atoms with van der Waals surface area (Å²) in [6, 6.07) is 9.87. The Morgan fingerprint density at radius 1 is 1.25 bits per heavy atom. The normalized spacial score (nSPS) is 12.2. The highest BCUT2D eigenvalue weighted by atomic mass is 32.2. The maximum absolute atomic E-state index is 11.4. The molecule has 0 bridgehead atoms. The molecule has 0 spiro atoms. The Bertz CT molecular complexity index is 616. The van der Waals surface area contributed by atoms with E-state index in [0.717, 1.165) is 5.76 Å². The lowest BCUT2D eigenvalue weighted by atomic mass is 10.2. The first kappa shape index (κ1) is 14.7. The number of carbonyl (C=O) groups excluding carboxylic acids is 1. The summed E-state index contributed by atoms with van der Waals surface area (Å²) in [6.07, 6.45) is 0. The van der Waals surface area contributed by atoms with Crippen LogP contribution < -0.4 is 0 Å². The largest absolute Gasteiger partial charge is 0.463 e. The van der Waals surface area contributed by atoms with Gasteiger partial charge in [-0.25, -0.2) is 4.79 Å². The van der Waals surface area contributed by atoms with Gasteiger partial charge in [0.2, 0.25) is 5.76 Å². The van der Waals surface area contributed by atoms with Crippen molar-refractivity contribution in [1.82, 2.24) is 0 Å². The van der Waals surface area contributed by atoms with Gasteiger partial charge in [0, 0.05) is 4.90 Å². The van der Waals surface area contributed by atoms with E-state index < -0.39 is 5.97 Å². The fourth-order valence-electron chi connectivity index (χ4n) is 1.96. The number of thioether (sulfide) groups is 1. The Morgan fingerprint density at radius 2 is 2.00 bits per heavy atom. The summed E-state index contributed by atoms with van der Waals surface area (Å²) in [4.78, 5) is 12.6. The minimum Gasteiger partial charge on any atom is -0.463 e. The highest BCUT2D eigenvalue weighted by Gasteiger charge is 2.16. The summed E-state index contributed by atoms with van der Waals surface area (Å²) in [5, 5.41) is 0.134. The van der Waals surface area contributed by atoms with Gasteiger partial charge in [0.05, 0.1) is 12.4 Å². The molecule has 1 unspecified atom stereocenters. The molecule has 1 aromatic heterocycles. The summed E-state index contributed by atoms with van der Waals surface area (Å²) in [5.41, 5.74) is 2.51. The summed E-state index contributed by atoms with van der Waals surface area (Å²) in [6.45, 7) is 6.24. The molecule has 0 radical (unpaired) electrons. The second kappa shape index (κ2) is 6.18. The molecule has 1 atom stereocenters. The van der Waals surface area contributed by atoms with Crippen LogP contribution in [0.15, 0.2) is 39.6 Å². The van der Waals surface area contributed by atoms with Gasteiger partial charge in [-0.05, 0) is 44.5 Å². The van der Waals surface area contributed by atoms with E-state index in [1.54, 1.807) is 17.8 Å². The molecular weight excluding hydrogens is 272 g/mol. The van der Waals surface area contributed by atoms with Crippen LogP contribution in [-0.2, 0) is 4.74 Å². The smallest absolute Gasteiger partial charge is 0.373 e. The van der Waals surface area contributed by atoms with E-state index in [1.165, 1.54) is 23.1 Å². The molecule has 0 aliphatic carbocycles. The van der Waals surface area contributed by atoms with Crippen molar-refractivity contribution in [1.29, 1.82) is 0 Å². The molecule has 1 aromatic carbocycles. The Balaban J connectivity index is 2.13. The third-order valence-corrected chi connectivity index (χ3v) is 4.35. The van der Waals surface area contributed by atoms with Crippen LogP contribution in [0.25, 0.3) is 0 Å². The third kappa shape index (κ3) is 3.25. The van der Waals surface area contributed by atoms with Gasteiger partial charge in [-0.15, -0.1) is 11.8 Å². The number of benzene rings is 1. The van der Waals surface area contributed by atoms with Crippen LogP contribution in [0, 0.1) is 13.8 Å². The molecule has 4 heteroatoms. The van der Waals surface area contributed by atoms with Gasteiger partial charge < -0.3 is 9.15 Å². The van der Waals surface area contributed by atoms with Crippen molar-refractivity contribution in [3.63, 3.8) is 0 Å². The number of esters is 1. The van der Waals surface area contributed by atoms with E-state index >= 15 is 0 Å². The number of rotatable bonds is 4.